The zero-order valence-electron chi connectivity index (χ0n) is 12.4. The number of piperazine rings is 1. The number of rotatable bonds is 6. The molecule has 2 aliphatic rings. The van der Waals surface area contributed by atoms with Gasteiger partial charge in [0.15, 0.2) is 0 Å². The summed E-state index contributed by atoms with van der Waals surface area (Å²) in [5.74, 6) is 0.982. The summed E-state index contributed by atoms with van der Waals surface area (Å²) in [5, 5.41) is 0. The monoisotopic (exact) mass is 273 g/mol. The Kier molecular flexibility index (Phi) is 4.71. The van der Waals surface area contributed by atoms with E-state index in [0.29, 0.717) is 6.04 Å². The molecule has 2 fully saturated rings. The molecule has 1 heterocycles. The summed E-state index contributed by atoms with van der Waals surface area (Å²) in [6.07, 6.45) is 4.02. The van der Waals surface area contributed by atoms with E-state index < -0.39 is 0 Å². The molecular weight excluding hydrogens is 246 g/mol. The summed E-state index contributed by atoms with van der Waals surface area (Å²) in [7, 11) is 0. The van der Waals surface area contributed by atoms with Gasteiger partial charge in [-0.05, 0) is 37.3 Å². The highest BCUT2D eigenvalue weighted by atomic mass is 15.3. The van der Waals surface area contributed by atoms with Gasteiger partial charge in [0.05, 0.1) is 0 Å². The lowest BCUT2D eigenvalue weighted by atomic mass is 10.1. The van der Waals surface area contributed by atoms with Gasteiger partial charge in [0.25, 0.3) is 0 Å². The third-order valence-electron chi connectivity index (χ3n) is 4.63. The van der Waals surface area contributed by atoms with Crippen molar-refractivity contribution in [2.24, 2.45) is 11.7 Å². The molecule has 0 amide bonds. The third kappa shape index (κ3) is 3.81. The highest BCUT2D eigenvalue weighted by Gasteiger charge is 2.31. The third-order valence-corrected chi connectivity index (χ3v) is 4.63. The maximum Gasteiger partial charge on any atom is 0.0235 e. The van der Waals surface area contributed by atoms with Gasteiger partial charge in [0.1, 0.15) is 0 Å². The van der Waals surface area contributed by atoms with Gasteiger partial charge in [-0.15, -0.1) is 0 Å². The molecule has 1 aromatic carbocycles. The molecule has 1 aliphatic heterocycles. The van der Waals surface area contributed by atoms with E-state index >= 15 is 0 Å². The highest BCUT2D eigenvalue weighted by Crippen LogP contribution is 2.31. The van der Waals surface area contributed by atoms with Crippen molar-refractivity contribution < 1.29 is 0 Å². The minimum absolute atomic E-state index is 0.665. The zero-order valence-corrected chi connectivity index (χ0v) is 12.4. The fourth-order valence-corrected chi connectivity index (χ4v) is 3.28. The molecule has 1 aromatic rings. The smallest absolute Gasteiger partial charge is 0.0235 e. The van der Waals surface area contributed by atoms with Crippen molar-refractivity contribution in [3.8, 4) is 0 Å². The summed E-state index contributed by atoms with van der Waals surface area (Å²) < 4.78 is 0. The number of hydrogen-bond acceptors (Lipinski definition) is 3. The van der Waals surface area contributed by atoms with Crippen LogP contribution in [0.25, 0.3) is 0 Å². The molecule has 3 rings (SSSR count). The molecular formula is C17H27N3. The SMILES string of the molecule is NCC[C@H]1CN(Cc2ccccc2)CCN1CC1CC1. The molecule has 0 unspecified atom stereocenters. The van der Waals surface area contributed by atoms with Gasteiger partial charge in [0, 0.05) is 38.8 Å². The topological polar surface area (TPSA) is 32.5 Å². The summed E-state index contributed by atoms with van der Waals surface area (Å²) in [6, 6.07) is 11.5. The molecule has 0 aromatic heterocycles. The molecule has 2 N–H and O–H groups in total. The molecule has 0 bridgehead atoms. The Morgan fingerprint density at radius 2 is 1.90 bits per heavy atom. The van der Waals surface area contributed by atoms with Gasteiger partial charge >= 0.3 is 0 Å². The largest absolute Gasteiger partial charge is 0.330 e. The second kappa shape index (κ2) is 6.70. The summed E-state index contributed by atoms with van der Waals surface area (Å²) in [4.78, 5) is 5.30. The fraction of sp³-hybridized carbons (Fsp3) is 0.647. The van der Waals surface area contributed by atoms with Crippen molar-refractivity contribution in [2.45, 2.75) is 31.8 Å². The van der Waals surface area contributed by atoms with Gasteiger partial charge < -0.3 is 5.73 Å². The lowest BCUT2D eigenvalue weighted by Crippen LogP contribution is -2.53. The van der Waals surface area contributed by atoms with Crippen LogP contribution in [0.2, 0.25) is 0 Å². The van der Waals surface area contributed by atoms with E-state index in [1.165, 1.54) is 44.6 Å². The minimum Gasteiger partial charge on any atom is -0.330 e. The molecule has 1 atom stereocenters. The Bertz CT molecular complexity index is 402. The number of nitrogens with zero attached hydrogens (tertiary/aromatic N) is 2. The number of benzene rings is 1. The van der Waals surface area contributed by atoms with Gasteiger partial charge in [-0.25, -0.2) is 0 Å². The Labute approximate surface area is 122 Å². The van der Waals surface area contributed by atoms with Gasteiger partial charge in [0.2, 0.25) is 0 Å². The van der Waals surface area contributed by atoms with Crippen molar-refractivity contribution in [3.05, 3.63) is 35.9 Å². The molecule has 1 saturated carbocycles. The highest BCUT2D eigenvalue weighted by molar-refractivity contribution is 5.14. The fourth-order valence-electron chi connectivity index (χ4n) is 3.28. The number of hydrogen-bond donors (Lipinski definition) is 1. The van der Waals surface area contributed by atoms with Crippen molar-refractivity contribution >= 4 is 0 Å². The van der Waals surface area contributed by atoms with Crippen LogP contribution in [0.3, 0.4) is 0 Å². The van der Waals surface area contributed by atoms with E-state index in [1.807, 2.05) is 0 Å². The van der Waals surface area contributed by atoms with Crippen LogP contribution >= 0.6 is 0 Å². The Morgan fingerprint density at radius 1 is 1.10 bits per heavy atom. The molecule has 1 saturated heterocycles. The predicted octanol–water partition coefficient (Wildman–Crippen LogP) is 1.93. The van der Waals surface area contributed by atoms with E-state index in [0.717, 1.165) is 25.4 Å². The van der Waals surface area contributed by atoms with Crippen LogP contribution in [-0.2, 0) is 6.54 Å². The predicted molar refractivity (Wildman–Crippen MR) is 83.5 cm³/mol. The van der Waals surface area contributed by atoms with E-state index in [4.69, 9.17) is 5.73 Å². The van der Waals surface area contributed by atoms with E-state index in [-0.39, 0.29) is 0 Å². The second-order valence-corrected chi connectivity index (χ2v) is 6.39. The van der Waals surface area contributed by atoms with Crippen LogP contribution < -0.4 is 5.73 Å². The van der Waals surface area contributed by atoms with Crippen LogP contribution in [0.15, 0.2) is 30.3 Å². The lowest BCUT2D eigenvalue weighted by molar-refractivity contribution is 0.0630. The standard InChI is InChI=1S/C17H27N3/c18-9-8-17-14-19(12-15-4-2-1-3-5-15)10-11-20(17)13-16-6-7-16/h1-5,16-17H,6-14,18H2/t17-/m0/s1. The van der Waals surface area contributed by atoms with Gasteiger partial charge in [-0.1, -0.05) is 30.3 Å². The van der Waals surface area contributed by atoms with Crippen molar-refractivity contribution in [1.29, 1.82) is 0 Å². The van der Waals surface area contributed by atoms with Crippen LogP contribution in [0.5, 0.6) is 0 Å². The average molecular weight is 273 g/mol. The van der Waals surface area contributed by atoms with Crippen LogP contribution in [0.4, 0.5) is 0 Å². The summed E-state index contributed by atoms with van der Waals surface area (Å²) >= 11 is 0. The lowest BCUT2D eigenvalue weighted by Gasteiger charge is -2.41. The molecule has 0 spiro atoms. The van der Waals surface area contributed by atoms with E-state index in [9.17, 15) is 0 Å². The first-order valence-electron chi connectivity index (χ1n) is 8.05. The van der Waals surface area contributed by atoms with Crippen molar-refractivity contribution in [2.75, 3.05) is 32.7 Å². The first-order chi connectivity index (χ1) is 9.85. The van der Waals surface area contributed by atoms with Crippen molar-refractivity contribution in [3.63, 3.8) is 0 Å². The summed E-state index contributed by atoms with van der Waals surface area (Å²) in [6.45, 7) is 6.80. The second-order valence-electron chi connectivity index (χ2n) is 6.39. The molecule has 3 heteroatoms. The normalized spacial score (nSPS) is 24.9. The van der Waals surface area contributed by atoms with Gasteiger partial charge in [-0.2, -0.15) is 0 Å². The molecule has 1 aliphatic carbocycles. The Morgan fingerprint density at radius 3 is 2.60 bits per heavy atom. The van der Waals surface area contributed by atoms with Gasteiger partial charge in [-0.3, -0.25) is 9.80 Å². The Balaban J connectivity index is 1.56. The van der Waals surface area contributed by atoms with Crippen molar-refractivity contribution in [1.82, 2.24) is 9.80 Å². The van der Waals surface area contributed by atoms with E-state index in [2.05, 4.69) is 40.1 Å². The van der Waals surface area contributed by atoms with Crippen LogP contribution in [0.1, 0.15) is 24.8 Å². The first-order valence-corrected chi connectivity index (χ1v) is 8.05. The summed E-state index contributed by atoms with van der Waals surface area (Å²) in [5.41, 5.74) is 7.25. The molecule has 20 heavy (non-hydrogen) atoms. The van der Waals surface area contributed by atoms with Crippen LogP contribution in [0, 0.1) is 5.92 Å². The van der Waals surface area contributed by atoms with Crippen LogP contribution in [-0.4, -0.2) is 48.6 Å². The quantitative estimate of drug-likeness (QED) is 0.859. The first kappa shape index (κ1) is 14.1. The maximum atomic E-state index is 5.82. The average Bonchev–Trinajstić information content (AvgIpc) is 3.27. The molecule has 0 radical (unpaired) electrons. The Hall–Kier alpha value is -0.900. The number of nitrogens with two attached hydrogens (primary N) is 1. The molecule has 110 valence electrons. The van der Waals surface area contributed by atoms with E-state index in [1.54, 1.807) is 0 Å². The minimum atomic E-state index is 0.665. The zero-order chi connectivity index (χ0) is 13.8. The molecule has 3 nitrogen and oxygen atoms in total. The maximum absolute atomic E-state index is 5.82.